The van der Waals surface area contributed by atoms with Gasteiger partial charge in [-0.25, -0.2) is 8.42 Å². The van der Waals surface area contributed by atoms with Crippen molar-refractivity contribution in [2.24, 2.45) is 5.92 Å². The van der Waals surface area contributed by atoms with Crippen molar-refractivity contribution in [2.45, 2.75) is 17.7 Å². The summed E-state index contributed by atoms with van der Waals surface area (Å²) in [6.07, 6.45) is 1.71. The van der Waals surface area contributed by atoms with Crippen LogP contribution in [0.5, 0.6) is 0 Å². The maximum atomic E-state index is 12.7. The second-order valence-electron chi connectivity index (χ2n) is 5.05. The number of nitrogens with zero attached hydrogens (tertiary/aromatic N) is 1. The maximum Gasteiger partial charge on any atom is 0.245 e. The topological polar surface area (TPSA) is 58.6 Å². The quantitative estimate of drug-likeness (QED) is 0.900. The van der Waals surface area contributed by atoms with E-state index in [1.54, 1.807) is 36.7 Å². The van der Waals surface area contributed by atoms with Crippen molar-refractivity contribution >= 4 is 15.7 Å². The van der Waals surface area contributed by atoms with Gasteiger partial charge in [0.15, 0.2) is 0 Å². The fourth-order valence-corrected chi connectivity index (χ4v) is 4.26. The first-order valence-electron chi connectivity index (χ1n) is 6.85. The third-order valence-electron chi connectivity index (χ3n) is 3.75. The summed E-state index contributed by atoms with van der Waals surface area (Å²) >= 11 is 0. The van der Waals surface area contributed by atoms with E-state index in [9.17, 15) is 8.42 Å². The van der Waals surface area contributed by atoms with Gasteiger partial charge in [0, 0.05) is 33.9 Å². The Morgan fingerprint density at radius 3 is 2.55 bits per heavy atom. The Morgan fingerprint density at radius 1 is 1.30 bits per heavy atom. The SMILES string of the molecule is CNc1ccccc1S(=O)(=O)N1CCC(COC)CC1. The van der Waals surface area contributed by atoms with Crippen LogP contribution in [0.25, 0.3) is 0 Å². The summed E-state index contributed by atoms with van der Waals surface area (Å²) in [4.78, 5) is 0.354. The molecular formula is C14H22N2O3S. The number of benzene rings is 1. The van der Waals surface area contributed by atoms with Crippen molar-refractivity contribution in [3.05, 3.63) is 24.3 Å². The molecule has 0 atom stereocenters. The Kier molecular flexibility index (Phi) is 5.01. The van der Waals surface area contributed by atoms with E-state index in [-0.39, 0.29) is 0 Å². The molecule has 0 bridgehead atoms. The van der Waals surface area contributed by atoms with E-state index in [4.69, 9.17) is 4.74 Å². The van der Waals surface area contributed by atoms with Gasteiger partial charge in [0.1, 0.15) is 4.90 Å². The summed E-state index contributed by atoms with van der Waals surface area (Å²) in [5.41, 5.74) is 0.645. The predicted octanol–water partition coefficient (Wildman–Crippen LogP) is 1.78. The van der Waals surface area contributed by atoms with Crippen molar-refractivity contribution in [3.63, 3.8) is 0 Å². The van der Waals surface area contributed by atoms with E-state index in [1.165, 1.54) is 0 Å². The lowest BCUT2D eigenvalue weighted by Crippen LogP contribution is -2.39. The van der Waals surface area contributed by atoms with Gasteiger partial charge in [-0.2, -0.15) is 4.31 Å². The number of anilines is 1. The summed E-state index contributed by atoms with van der Waals surface area (Å²) in [7, 11) is 0.00894. The summed E-state index contributed by atoms with van der Waals surface area (Å²) in [6.45, 7) is 1.84. The Bertz CT molecular complexity index is 537. The number of hydrogen-bond donors (Lipinski definition) is 1. The smallest absolute Gasteiger partial charge is 0.245 e. The van der Waals surface area contributed by atoms with Crippen LogP contribution in [0.15, 0.2) is 29.2 Å². The lowest BCUT2D eigenvalue weighted by molar-refractivity contribution is 0.121. The van der Waals surface area contributed by atoms with E-state index >= 15 is 0 Å². The molecule has 1 saturated heterocycles. The summed E-state index contributed by atoms with van der Waals surface area (Å²) in [6, 6.07) is 7.02. The van der Waals surface area contributed by atoms with Gasteiger partial charge in [-0.3, -0.25) is 0 Å². The monoisotopic (exact) mass is 298 g/mol. The molecule has 0 saturated carbocycles. The number of methoxy groups -OCH3 is 1. The van der Waals surface area contributed by atoms with E-state index < -0.39 is 10.0 Å². The maximum absolute atomic E-state index is 12.7. The first-order chi connectivity index (χ1) is 9.59. The standard InChI is InChI=1S/C14H22N2O3S/c1-15-13-5-3-4-6-14(13)20(17,18)16-9-7-12(8-10-16)11-19-2/h3-6,12,15H,7-11H2,1-2H3. The number of rotatable bonds is 5. The third kappa shape index (κ3) is 3.13. The van der Waals surface area contributed by atoms with Crippen molar-refractivity contribution < 1.29 is 13.2 Å². The van der Waals surface area contributed by atoms with Gasteiger partial charge < -0.3 is 10.1 Å². The van der Waals surface area contributed by atoms with Crippen LogP contribution in [0, 0.1) is 5.92 Å². The number of piperidine rings is 1. The zero-order chi connectivity index (χ0) is 14.6. The third-order valence-corrected chi connectivity index (χ3v) is 5.71. The van der Waals surface area contributed by atoms with Crippen LogP contribution >= 0.6 is 0 Å². The number of ether oxygens (including phenoxy) is 1. The van der Waals surface area contributed by atoms with Gasteiger partial charge in [0.05, 0.1) is 5.69 Å². The Balaban J connectivity index is 2.16. The van der Waals surface area contributed by atoms with Crippen LogP contribution in [-0.2, 0) is 14.8 Å². The number of sulfonamides is 1. The lowest BCUT2D eigenvalue weighted by atomic mass is 9.99. The van der Waals surface area contributed by atoms with Crippen LogP contribution < -0.4 is 5.32 Å². The molecule has 1 aliphatic rings. The Labute approximate surface area is 121 Å². The van der Waals surface area contributed by atoms with Crippen molar-refractivity contribution in [2.75, 3.05) is 39.2 Å². The molecule has 0 radical (unpaired) electrons. The molecule has 1 N–H and O–H groups in total. The lowest BCUT2D eigenvalue weighted by Gasteiger charge is -2.31. The first-order valence-corrected chi connectivity index (χ1v) is 8.29. The molecule has 112 valence electrons. The highest BCUT2D eigenvalue weighted by molar-refractivity contribution is 7.89. The number of hydrogen-bond acceptors (Lipinski definition) is 4. The molecule has 0 unspecified atom stereocenters. The van der Waals surface area contributed by atoms with Gasteiger partial charge in [0.2, 0.25) is 10.0 Å². The van der Waals surface area contributed by atoms with Crippen molar-refractivity contribution in [1.29, 1.82) is 0 Å². The molecular weight excluding hydrogens is 276 g/mol. The summed E-state index contributed by atoms with van der Waals surface area (Å²) in [5.74, 6) is 0.464. The van der Waals surface area contributed by atoms with Gasteiger partial charge in [-0.15, -0.1) is 0 Å². The van der Waals surface area contributed by atoms with E-state index in [0.717, 1.165) is 12.8 Å². The molecule has 0 aromatic heterocycles. The van der Waals surface area contributed by atoms with Gasteiger partial charge in [-0.1, -0.05) is 12.1 Å². The molecule has 2 rings (SSSR count). The number of nitrogens with one attached hydrogen (secondary N) is 1. The minimum atomic E-state index is -3.41. The molecule has 1 aromatic carbocycles. The zero-order valence-corrected chi connectivity index (χ0v) is 12.8. The molecule has 20 heavy (non-hydrogen) atoms. The normalized spacial score (nSPS) is 18.1. The Morgan fingerprint density at radius 2 is 1.95 bits per heavy atom. The minimum Gasteiger partial charge on any atom is -0.387 e. The van der Waals surface area contributed by atoms with Gasteiger partial charge in [0.25, 0.3) is 0 Å². The van der Waals surface area contributed by atoms with Crippen LogP contribution in [-0.4, -0.2) is 46.6 Å². The molecule has 0 spiro atoms. The molecule has 0 aliphatic carbocycles. The van der Waals surface area contributed by atoms with E-state index in [2.05, 4.69) is 5.32 Å². The summed E-state index contributed by atoms with van der Waals surface area (Å²) < 4.78 is 32.1. The van der Waals surface area contributed by atoms with Crippen LogP contribution in [0.2, 0.25) is 0 Å². The molecule has 0 amide bonds. The van der Waals surface area contributed by atoms with E-state index in [1.807, 2.05) is 6.07 Å². The Hall–Kier alpha value is -1.11. The number of para-hydroxylation sites is 1. The second kappa shape index (κ2) is 6.56. The highest BCUT2D eigenvalue weighted by atomic mass is 32.2. The largest absolute Gasteiger partial charge is 0.387 e. The van der Waals surface area contributed by atoms with Crippen LogP contribution in [0.1, 0.15) is 12.8 Å². The molecule has 1 heterocycles. The molecule has 5 nitrogen and oxygen atoms in total. The van der Waals surface area contributed by atoms with Gasteiger partial charge >= 0.3 is 0 Å². The van der Waals surface area contributed by atoms with Gasteiger partial charge in [-0.05, 0) is 30.9 Å². The molecule has 6 heteroatoms. The van der Waals surface area contributed by atoms with Crippen LogP contribution in [0.3, 0.4) is 0 Å². The average molecular weight is 298 g/mol. The fraction of sp³-hybridized carbons (Fsp3) is 0.571. The molecule has 1 fully saturated rings. The van der Waals surface area contributed by atoms with Crippen LogP contribution in [0.4, 0.5) is 5.69 Å². The highest BCUT2D eigenvalue weighted by Crippen LogP contribution is 2.27. The average Bonchev–Trinajstić information content (AvgIpc) is 2.48. The highest BCUT2D eigenvalue weighted by Gasteiger charge is 2.30. The second-order valence-corrected chi connectivity index (χ2v) is 6.96. The minimum absolute atomic E-state index is 0.354. The van der Waals surface area contributed by atoms with Crippen molar-refractivity contribution in [3.8, 4) is 0 Å². The fourth-order valence-electron chi connectivity index (χ4n) is 2.59. The van der Waals surface area contributed by atoms with E-state index in [0.29, 0.717) is 36.2 Å². The summed E-state index contributed by atoms with van der Waals surface area (Å²) in [5, 5.41) is 2.94. The van der Waals surface area contributed by atoms with Crippen molar-refractivity contribution in [1.82, 2.24) is 4.31 Å². The molecule has 1 aliphatic heterocycles. The first kappa shape index (κ1) is 15.3. The zero-order valence-electron chi connectivity index (χ0n) is 12.0. The molecule has 1 aromatic rings. The predicted molar refractivity (Wildman–Crippen MR) is 79.3 cm³/mol.